The van der Waals surface area contributed by atoms with Crippen molar-refractivity contribution in [3.8, 4) is 0 Å². The first-order valence-corrected chi connectivity index (χ1v) is 6.31. The Bertz CT molecular complexity index is 166. The zero-order valence-corrected chi connectivity index (χ0v) is 9.04. The van der Waals surface area contributed by atoms with Crippen LogP contribution in [0.1, 0.15) is 57.8 Å². The summed E-state index contributed by atoms with van der Waals surface area (Å²) in [6.07, 6.45) is 12.3. The van der Waals surface area contributed by atoms with Crippen LogP contribution in [-0.4, -0.2) is 11.2 Å². The van der Waals surface area contributed by atoms with Gasteiger partial charge in [0.25, 0.3) is 0 Å². The summed E-state index contributed by atoms with van der Waals surface area (Å²) < 4.78 is 0. The molecule has 2 N–H and O–H groups in total. The van der Waals surface area contributed by atoms with E-state index in [4.69, 9.17) is 5.21 Å². The highest BCUT2D eigenvalue weighted by atomic mass is 16.5. The van der Waals surface area contributed by atoms with Gasteiger partial charge in [0.2, 0.25) is 0 Å². The lowest BCUT2D eigenvalue weighted by molar-refractivity contribution is 0.0449. The van der Waals surface area contributed by atoms with E-state index < -0.39 is 0 Å². The molecule has 2 rings (SSSR count). The summed E-state index contributed by atoms with van der Waals surface area (Å²) in [7, 11) is 0. The molecular weight excluding hydrogens is 174 g/mol. The second-order valence-corrected chi connectivity index (χ2v) is 5.08. The first kappa shape index (κ1) is 10.4. The summed E-state index contributed by atoms with van der Waals surface area (Å²) in [4.78, 5) is 0. The van der Waals surface area contributed by atoms with Crippen molar-refractivity contribution >= 4 is 0 Å². The molecule has 0 radical (unpaired) electrons. The standard InChI is InChI=1S/C12H23NO/c14-13-12-9-5-4-8-11(12)10-6-2-1-3-7-10/h10-14H,1-9H2. The Morgan fingerprint density at radius 3 is 2.14 bits per heavy atom. The van der Waals surface area contributed by atoms with E-state index in [1.807, 2.05) is 0 Å². The summed E-state index contributed by atoms with van der Waals surface area (Å²) in [6, 6.07) is 0.395. The predicted octanol–water partition coefficient (Wildman–Crippen LogP) is 3.10. The van der Waals surface area contributed by atoms with Crippen LogP contribution in [0.15, 0.2) is 0 Å². The number of hydrogen-bond donors (Lipinski definition) is 2. The van der Waals surface area contributed by atoms with Crippen molar-refractivity contribution in [1.29, 1.82) is 0 Å². The first-order chi connectivity index (χ1) is 6.92. The molecule has 0 spiro atoms. The molecule has 0 aliphatic heterocycles. The van der Waals surface area contributed by atoms with E-state index in [0.29, 0.717) is 6.04 Å². The molecule has 14 heavy (non-hydrogen) atoms. The quantitative estimate of drug-likeness (QED) is 0.667. The van der Waals surface area contributed by atoms with E-state index >= 15 is 0 Å². The predicted molar refractivity (Wildman–Crippen MR) is 57.2 cm³/mol. The van der Waals surface area contributed by atoms with E-state index in [9.17, 15) is 0 Å². The van der Waals surface area contributed by atoms with Crippen molar-refractivity contribution in [3.63, 3.8) is 0 Å². The van der Waals surface area contributed by atoms with Crippen LogP contribution in [0.5, 0.6) is 0 Å². The normalized spacial score (nSPS) is 35.8. The molecule has 2 atom stereocenters. The topological polar surface area (TPSA) is 32.3 Å². The monoisotopic (exact) mass is 197 g/mol. The highest BCUT2D eigenvalue weighted by molar-refractivity contribution is 4.85. The second-order valence-electron chi connectivity index (χ2n) is 5.08. The second kappa shape index (κ2) is 5.13. The summed E-state index contributed by atoms with van der Waals surface area (Å²) in [5, 5.41) is 9.14. The molecule has 0 amide bonds. The van der Waals surface area contributed by atoms with Gasteiger partial charge in [-0.05, 0) is 24.7 Å². The zero-order valence-electron chi connectivity index (χ0n) is 9.04. The van der Waals surface area contributed by atoms with Gasteiger partial charge in [0.15, 0.2) is 0 Å². The molecule has 2 aliphatic carbocycles. The molecule has 2 saturated carbocycles. The van der Waals surface area contributed by atoms with Crippen molar-refractivity contribution in [2.45, 2.75) is 63.8 Å². The van der Waals surface area contributed by atoms with Gasteiger partial charge in [0.1, 0.15) is 0 Å². The Morgan fingerprint density at radius 1 is 0.786 bits per heavy atom. The van der Waals surface area contributed by atoms with Gasteiger partial charge in [0.05, 0.1) is 0 Å². The smallest absolute Gasteiger partial charge is 0.0350 e. The van der Waals surface area contributed by atoms with Gasteiger partial charge in [-0.15, -0.1) is 0 Å². The summed E-state index contributed by atoms with van der Waals surface area (Å²) >= 11 is 0. The molecule has 2 aliphatic rings. The molecule has 2 nitrogen and oxygen atoms in total. The lowest BCUT2D eigenvalue weighted by Crippen LogP contribution is -2.40. The molecule has 82 valence electrons. The average Bonchev–Trinajstić information content (AvgIpc) is 2.30. The molecule has 0 aromatic heterocycles. The lowest BCUT2D eigenvalue weighted by atomic mass is 9.71. The Morgan fingerprint density at radius 2 is 1.43 bits per heavy atom. The minimum atomic E-state index is 0.395. The summed E-state index contributed by atoms with van der Waals surface area (Å²) in [5.74, 6) is 1.66. The van der Waals surface area contributed by atoms with E-state index in [0.717, 1.165) is 11.8 Å². The number of nitrogens with one attached hydrogen (secondary N) is 1. The largest absolute Gasteiger partial charge is 0.317 e. The molecule has 0 heterocycles. The third-order valence-electron chi connectivity index (χ3n) is 4.24. The fraction of sp³-hybridized carbons (Fsp3) is 1.00. The van der Waals surface area contributed by atoms with Gasteiger partial charge in [-0.2, -0.15) is 0 Å². The highest BCUT2D eigenvalue weighted by Crippen LogP contribution is 2.38. The Hall–Kier alpha value is -0.0800. The van der Waals surface area contributed by atoms with Crippen LogP contribution < -0.4 is 5.48 Å². The van der Waals surface area contributed by atoms with Crippen LogP contribution in [0, 0.1) is 11.8 Å². The van der Waals surface area contributed by atoms with Crippen LogP contribution in [0.3, 0.4) is 0 Å². The van der Waals surface area contributed by atoms with Crippen LogP contribution in [0.2, 0.25) is 0 Å². The van der Waals surface area contributed by atoms with E-state index in [-0.39, 0.29) is 0 Å². The molecule has 0 saturated heterocycles. The van der Waals surface area contributed by atoms with E-state index in [1.54, 1.807) is 0 Å². The van der Waals surface area contributed by atoms with Crippen LogP contribution in [0.25, 0.3) is 0 Å². The van der Waals surface area contributed by atoms with Crippen molar-refractivity contribution in [3.05, 3.63) is 0 Å². The third-order valence-corrected chi connectivity index (χ3v) is 4.24. The van der Waals surface area contributed by atoms with Crippen LogP contribution in [0.4, 0.5) is 0 Å². The van der Waals surface area contributed by atoms with Crippen molar-refractivity contribution in [2.24, 2.45) is 11.8 Å². The number of hydroxylamine groups is 1. The third kappa shape index (κ3) is 2.29. The van der Waals surface area contributed by atoms with Gasteiger partial charge in [0, 0.05) is 6.04 Å². The van der Waals surface area contributed by atoms with Gasteiger partial charge in [-0.3, -0.25) is 0 Å². The van der Waals surface area contributed by atoms with E-state index in [2.05, 4.69) is 5.48 Å². The van der Waals surface area contributed by atoms with Crippen LogP contribution >= 0.6 is 0 Å². The SMILES string of the molecule is ONC1CCCCC1C1CCCCC1. The van der Waals surface area contributed by atoms with Crippen molar-refractivity contribution < 1.29 is 5.21 Å². The minimum absolute atomic E-state index is 0.395. The molecule has 2 fully saturated rings. The fourth-order valence-corrected chi connectivity index (χ4v) is 3.45. The summed E-state index contributed by atoms with van der Waals surface area (Å²) in [5.41, 5.74) is 2.55. The van der Waals surface area contributed by atoms with Gasteiger partial charge >= 0.3 is 0 Å². The zero-order chi connectivity index (χ0) is 9.80. The first-order valence-electron chi connectivity index (χ1n) is 6.31. The van der Waals surface area contributed by atoms with Crippen LogP contribution in [-0.2, 0) is 0 Å². The maximum Gasteiger partial charge on any atom is 0.0350 e. The van der Waals surface area contributed by atoms with Gasteiger partial charge in [-0.25, -0.2) is 5.48 Å². The molecular formula is C12H23NO. The molecule has 0 aromatic carbocycles. The summed E-state index contributed by atoms with van der Waals surface area (Å²) in [6.45, 7) is 0. The fourth-order valence-electron chi connectivity index (χ4n) is 3.45. The van der Waals surface area contributed by atoms with Crippen molar-refractivity contribution in [2.75, 3.05) is 0 Å². The Labute approximate surface area is 87.0 Å². The Kier molecular flexibility index (Phi) is 3.82. The lowest BCUT2D eigenvalue weighted by Gasteiger charge is -2.38. The number of rotatable bonds is 2. The van der Waals surface area contributed by atoms with Crippen molar-refractivity contribution in [1.82, 2.24) is 5.48 Å². The maximum absolute atomic E-state index is 9.14. The maximum atomic E-state index is 9.14. The Balaban J connectivity index is 1.91. The molecule has 0 aromatic rings. The highest BCUT2D eigenvalue weighted by Gasteiger charge is 2.31. The molecule has 0 bridgehead atoms. The molecule has 2 heteroatoms. The van der Waals surface area contributed by atoms with E-state index in [1.165, 1.54) is 57.8 Å². The van der Waals surface area contributed by atoms with Gasteiger partial charge in [-0.1, -0.05) is 44.9 Å². The average molecular weight is 197 g/mol. The number of hydrogen-bond acceptors (Lipinski definition) is 2. The van der Waals surface area contributed by atoms with Gasteiger partial charge < -0.3 is 5.21 Å². The molecule has 2 unspecified atom stereocenters. The minimum Gasteiger partial charge on any atom is -0.317 e.